The second-order valence-electron chi connectivity index (χ2n) is 7.51. The van der Waals surface area contributed by atoms with E-state index >= 15 is 0 Å². The van der Waals surface area contributed by atoms with Gasteiger partial charge in [-0.2, -0.15) is 0 Å². The Labute approximate surface area is 186 Å². The van der Waals surface area contributed by atoms with Crippen LogP contribution in [0.3, 0.4) is 0 Å². The van der Waals surface area contributed by atoms with Crippen molar-refractivity contribution in [1.82, 2.24) is 9.88 Å². The molecule has 8 heteroatoms. The summed E-state index contributed by atoms with van der Waals surface area (Å²) in [5.41, 5.74) is 3.80. The fourth-order valence-electron chi connectivity index (χ4n) is 3.36. The van der Waals surface area contributed by atoms with E-state index in [-0.39, 0.29) is 17.2 Å². The summed E-state index contributed by atoms with van der Waals surface area (Å²) < 4.78 is 32.9. The molecule has 4 rings (SSSR count). The van der Waals surface area contributed by atoms with Crippen LogP contribution in [0, 0.1) is 6.92 Å². The number of hydrogen-bond acceptors (Lipinski definition) is 5. The molecule has 1 amide bonds. The molecule has 0 unspecified atom stereocenters. The van der Waals surface area contributed by atoms with Gasteiger partial charge in [0.1, 0.15) is 5.69 Å². The van der Waals surface area contributed by atoms with Gasteiger partial charge in [-0.1, -0.05) is 47.1 Å². The molecule has 0 fully saturated rings. The summed E-state index contributed by atoms with van der Waals surface area (Å²) in [5.74, 6) is -0.265. The van der Waals surface area contributed by atoms with Gasteiger partial charge in [0.25, 0.3) is 0 Å². The van der Waals surface area contributed by atoms with Crippen molar-refractivity contribution in [2.24, 2.45) is 0 Å². The lowest BCUT2D eigenvalue weighted by molar-refractivity contribution is -0.115. The highest BCUT2D eigenvalue weighted by molar-refractivity contribution is 7.89. The van der Waals surface area contributed by atoms with Crippen molar-refractivity contribution >= 4 is 32.6 Å². The third-order valence-corrected chi connectivity index (χ3v) is 6.50. The Balaban J connectivity index is 1.35. The highest BCUT2D eigenvalue weighted by atomic mass is 32.2. The molecule has 0 atom stereocenters. The van der Waals surface area contributed by atoms with Crippen molar-refractivity contribution < 1.29 is 17.7 Å². The number of aryl methyl sites for hydroxylation is 1. The zero-order chi connectivity index (χ0) is 22.6. The van der Waals surface area contributed by atoms with E-state index in [0.717, 1.165) is 16.5 Å². The number of fused-ring (bicyclic) bond motifs is 1. The minimum atomic E-state index is -3.63. The van der Waals surface area contributed by atoms with Crippen LogP contribution in [0.1, 0.15) is 16.8 Å². The van der Waals surface area contributed by atoms with Gasteiger partial charge >= 0.3 is 0 Å². The summed E-state index contributed by atoms with van der Waals surface area (Å²) in [6, 6.07) is 21.4. The Morgan fingerprint density at radius 2 is 1.75 bits per heavy atom. The summed E-state index contributed by atoms with van der Waals surface area (Å²) in [5, 5.41) is 7.57. The van der Waals surface area contributed by atoms with Gasteiger partial charge < -0.3 is 9.84 Å². The van der Waals surface area contributed by atoms with E-state index in [1.165, 1.54) is 12.1 Å². The van der Waals surface area contributed by atoms with Crippen molar-refractivity contribution in [2.45, 2.75) is 24.7 Å². The highest BCUT2D eigenvalue weighted by Crippen LogP contribution is 2.21. The standard InChI is InChI=1S/C24H23N3O4S/c1-17-7-12-23-21(15-17)22(27-31-23)16-24(28)26-19-8-10-20(11-9-19)32(29,30)25-14-13-18-5-3-2-4-6-18/h2-12,15,25H,13-14,16H2,1H3,(H,26,28). The van der Waals surface area contributed by atoms with Crippen molar-refractivity contribution in [3.8, 4) is 0 Å². The number of benzene rings is 3. The van der Waals surface area contributed by atoms with Crippen LogP contribution in [0.2, 0.25) is 0 Å². The molecule has 0 saturated heterocycles. The predicted molar refractivity (Wildman–Crippen MR) is 123 cm³/mol. The van der Waals surface area contributed by atoms with E-state index in [4.69, 9.17) is 4.52 Å². The zero-order valence-corrected chi connectivity index (χ0v) is 18.4. The lowest BCUT2D eigenvalue weighted by atomic mass is 10.1. The first kappa shape index (κ1) is 21.7. The Hall–Kier alpha value is -3.49. The molecule has 0 aliphatic heterocycles. The molecule has 1 aromatic heterocycles. The van der Waals surface area contributed by atoms with Gasteiger partial charge in [0.05, 0.1) is 11.3 Å². The van der Waals surface area contributed by atoms with E-state index in [9.17, 15) is 13.2 Å². The number of carbonyl (C=O) groups is 1. The Kier molecular flexibility index (Phi) is 6.34. The topological polar surface area (TPSA) is 101 Å². The third-order valence-electron chi connectivity index (χ3n) is 5.03. The fraction of sp³-hybridized carbons (Fsp3) is 0.167. The first-order valence-electron chi connectivity index (χ1n) is 10.2. The van der Waals surface area contributed by atoms with E-state index in [2.05, 4.69) is 15.2 Å². The predicted octanol–water partition coefficient (Wildman–Crippen LogP) is 3.84. The number of nitrogens with one attached hydrogen (secondary N) is 2. The molecular formula is C24H23N3O4S. The highest BCUT2D eigenvalue weighted by Gasteiger charge is 2.15. The van der Waals surface area contributed by atoms with Gasteiger partial charge in [-0.25, -0.2) is 13.1 Å². The van der Waals surface area contributed by atoms with Gasteiger partial charge in [-0.3, -0.25) is 4.79 Å². The number of carbonyl (C=O) groups excluding carboxylic acids is 1. The van der Waals surface area contributed by atoms with E-state index in [0.29, 0.717) is 29.9 Å². The molecule has 1 heterocycles. The van der Waals surface area contributed by atoms with Crippen LogP contribution >= 0.6 is 0 Å². The van der Waals surface area contributed by atoms with E-state index < -0.39 is 10.0 Å². The van der Waals surface area contributed by atoms with Crippen LogP contribution in [0.15, 0.2) is 82.2 Å². The maximum Gasteiger partial charge on any atom is 0.240 e. The molecule has 0 aliphatic rings. The van der Waals surface area contributed by atoms with Crippen molar-refractivity contribution in [1.29, 1.82) is 0 Å². The SMILES string of the molecule is Cc1ccc2onc(CC(=O)Nc3ccc(S(=O)(=O)NCCc4ccccc4)cc3)c2c1. The average Bonchev–Trinajstić information content (AvgIpc) is 3.16. The Morgan fingerprint density at radius 1 is 1.00 bits per heavy atom. The van der Waals surface area contributed by atoms with Crippen LogP contribution in [-0.2, 0) is 27.7 Å². The number of amides is 1. The van der Waals surface area contributed by atoms with Crippen LogP contribution in [0.4, 0.5) is 5.69 Å². The van der Waals surface area contributed by atoms with Gasteiger partial charge in [0.2, 0.25) is 15.9 Å². The van der Waals surface area contributed by atoms with E-state index in [1.54, 1.807) is 12.1 Å². The van der Waals surface area contributed by atoms with Crippen LogP contribution in [0.25, 0.3) is 11.0 Å². The third kappa shape index (κ3) is 5.22. The largest absolute Gasteiger partial charge is 0.356 e. The maximum atomic E-state index is 12.5. The number of aromatic nitrogens is 1. The van der Waals surface area contributed by atoms with Crippen molar-refractivity contribution in [3.05, 3.63) is 89.6 Å². The fourth-order valence-corrected chi connectivity index (χ4v) is 4.39. The lowest BCUT2D eigenvalue weighted by Gasteiger charge is -2.09. The van der Waals surface area contributed by atoms with E-state index in [1.807, 2.05) is 55.5 Å². The van der Waals surface area contributed by atoms with Crippen molar-refractivity contribution in [3.63, 3.8) is 0 Å². The molecule has 32 heavy (non-hydrogen) atoms. The second-order valence-corrected chi connectivity index (χ2v) is 9.28. The first-order chi connectivity index (χ1) is 15.4. The molecule has 2 N–H and O–H groups in total. The molecule has 4 aromatic rings. The number of sulfonamides is 1. The maximum absolute atomic E-state index is 12.5. The van der Waals surface area contributed by atoms with Gasteiger partial charge in [-0.15, -0.1) is 0 Å². The quantitative estimate of drug-likeness (QED) is 0.426. The molecular weight excluding hydrogens is 426 g/mol. The lowest BCUT2D eigenvalue weighted by Crippen LogP contribution is -2.26. The molecule has 0 saturated carbocycles. The Bertz CT molecular complexity index is 1330. The zero-order valence-electron chi connectivity index (χ0n) is 17.5. The summed E-state index contributed by atoms with van der Waals surface area (Å²) in [4.78, 5) is 12.6. The first-order valence-corrected chi connectivity index (χ1v) is 11.7. The number of anilines is 1. The summed E-state index contributed by atoms with van der Waals surface area (Å²) >= 11 is 0. The Morgan fingerprint density at radius 3 is 2.50 bits per heavy atom. The summed E-state index contributed by atoms with van der Waals surface area (Å²) in [6.45, 7) is 2.26. The van der Waals surface area contributed by atoms with Crippen molar-refractivity contribution in [2.75, 3.05) is 11.9 Å². The van der Waals surface area contributed by atoms with Crippen LogP contribution in [0.5, 0.6) is 0 Å². The molecule has 0 aliphatic carbocycles. The van der Waals surface area contributed by atoms with Crippen LogP contribution in [-0.4, -0.2) is 26.0 Å². The average molecular weight is 450 g/mol. The number of hydrogen-bond donors (Lipinski definition) is 2. The minimum absolute atomic E-state index is 0.0531. The molecule has 164 valence electrons. The monoisotopic (exact) mass is 449 g/mol. The number of rotatable bonds is 8. The normalized spacial score (nSPS) is 11.5. The van der Waals surface area contributed by atoms with Gasteiger partial charge in [0, 0.05) is 17.6 Å². The molecule has 0 radical (unpaired) electrons. The van der Waals surface area contributed by atoms with Crippen LogP contribution < -0.4 is 10.0 Å². The summed E-state index contributed by atoms with van der Waals surface area (Å²) in [6.07, 6.45) is 0.655. The second kappa shape index (κ2) is 9.33. The summed E-state index contributed by atoms with van der Waals surface area (Å²) in [7, 11) is -3.63. The molecule has 0 bridgehead atoms. The van der Waals surface area contributed by atoms with Gasteiger partial charge in [0.15, 0.2) is 5.58 Å². The minimum Gasteiger partial charge on any atom is -0.356 e. The smallest absolute Gasteiger partial charge is 0.240 e. The van der Waals surface area contributed by atoms with Gasteiger partial charge in [-0.05, 0) is 55.3 Å². The molecule has 0 spiro atoms. The molecule has 7 nitrogen and oxygen atoms in total. The molecule has 3 aromatic carbocycles. The number of nitrogens with zero attached hydrogens (tertiary/aromatic N) is 1.